The van der Waals surface area contributed by atoms with Crippen molar-refractivity contribution in [2.75, 3.05) is 23.8 Å². The summed E-state index contributed by atoms with van der Waals surface area (Å²) in [5.41, 5.74) is 0.712. The summed E-state index contributed by atoms with van der Waals surface area (Å²) in [5, 5.41) is 8.08. The molecular formula is C16H19N3O2S. The van der Waals surface area contributed by atoms with Crippen molar-refractivity contribution < 1.29 is 9.53 Å². The number of nitrogens with one attached hydrogen (secondary N) is 2. The van der Waals surface area contributed by atoms with Crippen LogP contribution in [0.3, 0.4) is 0 Å². The fourth-order valence-electron chi connectivity index (χ4n) is 2.37. The number of pyridine rings is 1. The first kappa shape index (κ1) is 15.0. The van der Waals surface area contributed by atoms with E-state index in [0.717, 1.165) is 36.7 Å². The van der Waals surface area contributed by atoms with Gasteiger partial charge in [0.25, 0.3) is 0 Å². The van der Waals surface area contributed by atoms with Crippen LogP contribution < -0.4 is 10.6 Å². The summed E-state index contributed by atoms with van der Waals surface area (Å²) in [5.74, 6) is 0.774. The lowest BCUT2D eigenvalue weighted by Crippen LogP contribution is -2.19. The molecule has 3 heterocycles. The third-order valence-electron chi connectivity index (χ3n) is 3.50. The van der Waals surface area contributed by atoms with Crippen LogP contribution in [-0.2, 0) is 16.0 Å². The molecule has 1 unspecified atom stereocenters. The van der Waals surface area contributed by atoms with Crippen LogP contribution in [0.15, 0.2) is 35.8 Å². The normalized spacial score (nSPS) is 17.4. The van der Waals surface area contributed by atoms with E-state index < -0.39 is 0 Å². The number of carbonyl (C=O) groups is 1. The highest BCUT2D eigenvalue weighted by atomic mass is 32.1. The molecule has 0 spiro atoms. The standard InChI is InChI=1S/C16H19N3O2S/c20-16(9-14-4-2-8-22-14)19-12-5-6-15(17-10-12)18-11-13-3-1-7-21-13/h2,4-6,8,10,13H,1,3,7,9,11H2,(H,17,18)(H,19,20). The molecule has 5 nitrogen and oxygen atoms in total. The number of hydrogen-bond acceptors (Lipinski definition) is 5. The quantitative estimate of drug-likeness (QED) is 0.860. The molecule has 2 aromatic rings. The number of nitrogens with zero attached hydrogens (tertiary/aromatic N) is 1. The van der Waals surface area contributed by atoms with Gasteiger partial charge in [-0.25, -0.2) is 4.98 Å². The van der Waals surface area contributed by atoms with Crippen LogP contribution in [0, 0.1) is 0 Å². The molecule has 1 saturated heterocycles. The van der Waals surface area contributed by atoms with Crippen molar-refractivity contribution in [1.82, 2.24) is 4.98 Å². The molecule has 2 aromatic heterocycles. The fourth-order valence-corrected chi connectivity index (χ4v) is 3.08. The van der Waals surface area contributed by atoms with Crippen LogP contribution in [0.5, 0.6) is 0 Å². The maximum atomic E-state index is 11.9. The first-order valence-electron chi connectivity index (χ1n) is 7.43. The number of rotatable bonds is 6. The molecule has 0 aliphatic carbocycles. The summed E-state index contributed by atoms with van der Waals surface area (Å²) in [7, 11) is 0. The van der Waals surface area contributed by atoms with E-state index in [9.17, 15) is 4.79 Å². The van der Waals surface area contributed by atoms with Gasteiger partial charge >= 0.3 is 0 Å². The number of amides is 1. The molecule has 6 heteroatoms. The van der Waals surface area contributed by atoms with E-state index in [1.54, 1.807) is 17.5 Å². The van der Waals surface area contributed by atoms with Gasteiger partial charge in [0.15, 0.2) is 0 Å². The first-order valence-corrected chi connectivity index (χ1v) is 8.31. The molecule has 0 radical (unpaired) electrons. The van der Waals surface area contributed by atoms with Gasteiger partial charge in [-0.3, -0.25) is 4.79 Å². The van der Waals surface area contributed by atoms with E-state index in [1.165, 1.54) is 0 Å². The van der Waals surface area contributed by atoms with Gasteiger partial charge in [-0.1, -0.05) is 6.07 Å². The highest BCUT2D eigenvalue weighted by Gasteiger charge is 2.14. The molecule has 1 aliphatic heterocycles. The van der Waals surface area contributed by atoms with Gasteiger partial charge in [0.1, 0.15) is 5.82 Å². The Bertz CT molecular complexity index is 592. The molecule has 1 aliphatic rings. The van der Waals surface area contributed by atoms with Gasteiger partial charge in [0, 0.05) is 18.0 Å². The van der Waals surface area contributed by atoms with E-state index in [4.69, 9.17) is 4.74 Å². The average Bonchev–Trinajstić information content (AvgIpc) is 3.20. The van der Waals surface area contributed by atoms with Crippen LogP contribution in [0.4, 0.5) is 11.5 Å². The molecule has 2 N–H and O–H groups in total. The van der Waals surface area contributed by atoms with E-state index in [-0.39, 0.29) is 12.0 Å². The number of carbonyl (C=O) groups excluding carboxylic acids is 1. The predicted molar refractivity (Wildman–Crippen MR) is 88.4 cm³/mol. The Morgan fingerprint density at radius 2 is 2.36 bits per heavy atom. The van der Waals surface area contributed by atoms with Gasteiger partial charge in [0.05, 0.1) is 24.4 Å². The molecule has 116 valence electrons. The van der Waals surface area contributed by atoms with E-state index >= 15 is 0 Å². The number of ether oxygens (including phenoxy) is 1. The summed E-state index contributed by atoms with van der Waals surface area (Å²) in [6.07, 6.45) is 4.59. The highest BCUT2D eigenvalue weighted by molar-refractivity contribution is 7.10. The molecule has 1 amide bonds. The lowest BCUT2D eigenvalue weighted by Gasteiger charge is -2.11. The monoisotopic (exact) mass is 317 g/mol. The molecular weight excluding hydrogens is 298 g/mol. The lowest BCUT2D eigenvalue weighted by atomic mass is 10.2. The minimum absolute atomic E-state index is 0.0238. The maximum Gasteiger partial charge on any atom is 0.229 e. The zero-order valence-corrected chi connectivity index (χ0v) is 13.1. The Hall–Kier alpha value is -1.92. The zero-order valence-electron chi connectivity index (χ0n) is 12.2. The first-order chi connectivity index (χ1) is 10.8. The average molecular weight is 317 g/mol. The van der Waals surface area contributed by atoms with E-state index in [2.05, 4.69) is 15.6 Å². The molecule has 1 atom stereocenters. The summed E-state index contributed by atoms with van der Waals surface area (Å²) >= 11 is 1.58. The topological polar surface area (TPSA) is 63.2 Å². The summed E-state index contributed by atoms with van der Waals surface area (Å²) < 4.78 is 5.55. The van der Waals surface area contributed by atoms with E-state index in [1.807, 2.05) is 29.6 Å². The Balaban J connectivity index is 1.47. The third kappa shape index (κ3) is 4.29. The fraction of sp³-hybridized carbons (Fsp3) is 0.375. The molecule has 0 bridgehead atoms. The van der Waals surface area contributed by atoms with Crippen molar-refractivity contribution >= 4 is 28.7 Å². The molecule has 1 fully saturated rings. The maximum absolute atomic E-state index is 11.9. The van der Waals surface area contributed by atoms with Crippen LogP contribution in [-0.4, -0.2) is 30.1 Å². The SMILES string of the molecule is O=C(Cc1cccs1)Nc1ccc(NCC2CCCO2)nc1. The number of hydrogen-bond donors (Lipinski definition) is 2. The molecule has 0 saturated carbocycles. The van der Waals surface area contributed by atoms with Gasteiger partial charge in [0.2, 0.25) is 5.91 Å². The van der Waals surface area contributed by atoms with Gasteiger partial charge in [-0.15, -0.1) is 11.3 Å². The summed E-state index contributed by atoms with van der Waals surface area (Å²) in [6, 6.07) is 7.64. The largest absolute Gasteiger partial charge is 0.376 e. The van der Waals surface area contributed by atoms with Gasteiger partial charge in [-0.05, 0) is 36.4 Å². The Morgan fingerprint density at radius 1 is 1.41 bits per heavy atom. The molecule has 3 rings (SSSR count). The van der Waals surface area contributed by atoms with Crippen LogP contribution >= 0.6 is 11.3 Å². The van der Waals surface area contributed by atoms with Crippen molar-refractivity contribution in [2.24, 2.45) is 0 Å². The smallest absolute Gasteiger partial charge is 0.229 e. The van der Waals surface area contributed by atoms with Crippen LogP contribution in [0.25, 0.3) is 0 Å². The van der Waals surface area contributed by atoms with Crippen LogP contribution in [0.2, 0.25) is 0 Å². The zero-order chi connectivity index (χ0) is 15.2. The number of thiophene rings is 1. The lowest BCUT2D eigenvalue weighted by molar-refractivity contribution is -0.115. The van der Waals surface area contributed by atoms with Crippen molar-refractivity contribution in [3.8, 4) is 0 Å². The van der Waals surface area contributed by atoms with Crippen molar-refractivity contribution in [2.45, 2.75) is 25.4 Å². The Labute approximate surface area is 133 Å². The second-order valence-electron chi connectivity index (χ2n) is 5.25. The second kappa shape index (κ2) is 7.38. The predicted octanol–water partition coefficient (Wildman–Crippen LogP) is 2.92. The van der Waals surface area contributed by atoms with E-state index in [0.29, 0.717) is 12.1 Å². The van der Waals surface area contributed by atoms with Crippen molar-refractivity contribution in [3.63, 3.8) is 0 Å². The molecule has 0 aromatic carbocycles. The molecule has 22 heavy (non-hydrogen) atoms. The minimum atomic E-state index is -0.0238. The summed E-state index contributed by atoms with van der Waals surface area (Å²) in [4.78, 5) is 17.3. The highest BCUT2D eigenvalue weighted by Crippen LogP contribution is 2.15. The third-order valence-corrected chi connectivity index (χ3v) is 4.37. The number of aromatic nitrogens is 1. The Morgan fingerprint density at radius 3 is 3.05 bits per heavy atom. The van der Waals surface area contributed by atoms with Crippen molar-refractivity contribution in [3.05, 3.63) is 40.7 Å². The number of anilines is 2. The summed E-state index contributed by atoms with van der Waals surface area (Å²) in [6.45, 7) is 1.63. The minimum Gasteiger partial charge on any atom is -0.376 e. The van der Waals surface area contributed by atoms with Crippen LogP contribution in [0.1, 0.15) is 17.7 Å². The Kier molecular flexibility index (Phi) is 5.03. The van der Waals surface area contributed by atoms with Crippen molar-refractivity contribution in [1.29, 1.82) is 0 Å². The van der Waals surface area contributed by atoms with Gasteiger partial charge < -0.3 is 15.4 Å². The second-order valence-corrected chi connectivity index (χ2v) is 6.28. The van der Waals surface area contributed by atoms with Gasteiger partial charge in [-0.2, -0.15) is 0 Å².